The summed E-state index contributed by atoms with van der Waals surface area (Å²) in [6.45, 7) is 14.3. The SMILES string of the molecule is CC(C)(C)c1ccc(N(c2ccc3c(c2)N(c2ccccc2)c2cc([Si](C)(C)C)cc4c2B3c2ccccc2N4c2ccccc2)c2ccc3oc4ccccc4c3c2)cc1. The molecule has 0 unspecified atom stereocenters. The largest absolute Gasteiger partial charge is 0.456 e. The van der Waals surface area contributed by atoms with E-state index < -0.39 is 8.07 Å². The second kappa shape index (κ2) is 13.9. The number of furan rings is 1. The molecule has 8 aromatic carbocycles. The predicted molar refractivity (Wildman–Crippen MR) is 264 cm³/mol. The average molecular weight is 806 g/mol. The van der Waals surface area contributed by atoms with Crippen LogP contribution in [0, 0.1) is 0 Å². The summed E-state index contributed by atoms with van der Waals surface area (Å²) in [5, 5.41) is 3.66. The lowest BCUT2D eigenvalue weighted by Crippen LogP contribution is -2.62. The molecule has 61 heavy (non-hydrogen) atoms. The van der Waals surface area contributed by atoms with Crippen molar-refractivity contribution in [2.45, 2.75) is 45.8 Å². The molecule has 0 atom stereocenters. The van der Waals surface area contributed by atoms with Gasteiger partial charge < -0.3 is 19.1 Å². The first-order valence-electron chi connectivity index (χ1n) is 21.5. The molecule has 0 bridgehead atoms. The van der Waals surface area contributed by atoms with Crippen molar-refractivity contribution in [3.8, 4) is 0 Å². The summed E-state index contributed by atoms with van der Waals surface area (Å²) in [4.78, 5) is 7.47. The molecular weight excluding hydrogens is 758 g/mol. The smallest absolute Gasteiger partial charge is 0.252 e. The Morgan fingerprint density at radius 2 is 1.02 bits per heavy atom. The minimum absolute atomic E-state index is 0.0351. The van der Waals surface area contributed by atoms with E-state index in [0.717, 1.165) is 44.7 Å². The van der Waals surface area contributed by atoms with Gasteiger partial charge in [0.05, 0.1) is 8.07 Å². The summed E-state index contributed by atoms with van der Waals surface area (Å²) < 4.78 is 6.33. The standard InChI is InChI=1S/C55H48BN3OSi/c1-55(2,3)37-25-27-40(28-26-37)57(41-30-32-53-45(33-41)44-21-13-16-24-52(44)60-53)42-29-31-47-49(34-42)59(39-19-11-8-12-20-39)51-36-43(61(4,5)6)35-50-54(51)56(47)46-22-14-15-23-48(46)58(50)38-17-9-7-10-18-38/h7-36H,1-6H3. The number of anilines is 9. The molecule has 0 N–H and O–H groups in total. The number of para-hydroxylation sites is 4. The molecule has 2 aliphatic rings. The number of hydrogen-bond donors (Lipinski definition) is 0. The molecule has 2 aliphatic heterocycles. The van der Waals surface area contributed by atoms with Crippen molar-refractivity contribution < 1.29 is 4.42 Å². The van der Waals surface area contributed by atoms with E-state index in [0.29, 0.717) is 0 Å². The fourth-order valence-electron chi connectivity index (χ4n) is 9.63. The maximum absolute atomic E-state index is 6.33. The summed E-state index contributed by atoms with van der Waals surface area (Å²) >= 11 is 0. The van der Waals surface area contributed by atoms with E-state index in [2.05, 4.69) is 231 Å². The fraction of sp³-hybridized carbons (Fsp3) is 0.127. The van der Waals surface area contributed by atoms with Gasteiger partial charge in [-0.05, 0) is 118 Å². The van der Waals surface area contributed by atoms with Crippen molar-refractivity contribution in [3.63, 3.8) is 0 Å². The van der Waals surface area contributed by atoms with Gasteiger partial charge in [-0.25, -0.2) is 0 Å². The van der Waals surface area contributed by atoms with Gasteiger partial charge in [0.15, 0.2) is 0 Å². The van der Waals surface area contributed by atoms with Gasteiger partial charge in [0.25, 0.3) is 6.71 Å². The first-order chi connectivity index (χ1) is 29.5. The van der Waals surface area contributed by atoms with Crippen LogP contribution in [0.15, 0.2) is 186 Å². The molecule has 0 fully saturated rings. The zero-order valence-electron chi connectivity index (χ0n) is 35.6. The van der Waals surface area contributed by atoms with Crippen LogP contribution < -0.4 is 36.3 Å². The summed E-state index contributed by atoms with van der Waals surface area (Å²) in [5.74, 6) is 0. The second-order valence-corrected chi connectivity index (χ2v) is 23.7. The lowest BCUT2D eigenvalue weighted by molar-refractivity contribution is 0.590. The van der Waals surface area contributed by atoms with Crippen LogP contribution in [-0.2, 0) is 5.41 Å². The van der Waals surface area contributed by atoms with Crippen LogP contribution in [0.2, 0.25) is 19.6 Å². The van der Waals surface area contributed by atoms with Crippen molar-refractivity contribution in [1.29, 1.82) is 0 Å². The number of benzene rings is 8. The molecule has 6 heteroatoms. The van der Waals surface area contributed by atoms with Crippen molar-refractivity contribution in [2.24, 2.45) is 0 Å². The monoisotopic (exact) mass is 805 g/mol. The molecule has 0 amide bonds. The summed E-state index contributed by atoms with van der Waals surface area (Å²) in [6.07, 6.45) is 0. The zero-order chi connectivity index (χ0) is 41.6. The highest BCUT2D eigenvalue weighted by Gasteiger charge is 2.44. The highest BCUT2D eigenvalue weighted by molar-refractivity contribution is 7.00. The highest BCUT2D eigenvalue weighted by Crippen LogP contribution is 2.46. The van der Waals surface area contributed by atoms with E-state index in [1.807, 2.05) is 6.07 Å². The van der Waals surface area contributed by atoms with Crippen LogP contribution in [0.5, 0.6) is 0 Å². The van der Waals surface area contributed by atoms with Gasteiger partial charge in [-0.15, -0.1) is 0 Å². The van der Waals surface area contributed by atoms with E-state index in [9.17, 15) is 0 Å². The number of rotatable bonds is 6. The van der Waals surface area contributed by atoms with Crippen LogP contribution in [0.25, 0.3) is 21.9 Å². The number of nitrogens with zero attached hydrogens (tertiary/aromatic N) is 3. The topological polar surface area (TPSA) is 22.9 Å². The van der Waals surface area contributed by atoms with Crippen molar-refractivity contribution in [2.75, 3.05) is 14.7 Å². The molecule has 4 nitrogen and oxygen atoms in total. The molecular formula is C55H48BN3OSi. The van der Waals surface area contributed by atoms with E-state index in [-0.39, 0.29) is 12.1 Å². The summed E-state index contributed by atoms with van der Waals surface area (Å²) in [6, 6.07) is 67.3. The maximum Gasteiger partial charge on any atom is 0.252 e. The van der Waals surface area contributed by atoms with Crippen molar-refractivity contribution >= 4 is 109 Å². The maximum atomic E-state index is 6.33. The quantitative estimate of drug-likeness (QED) is 0.156. The Kier molecular flexibility index (Phi) is 8.49. The fourth-order valence-corrected chi connectivity index (χ4v) is 10.8. The van der Waals surface area contributed by atoms with Crippen molar-refractivity contribution in [3.05, 3.63) is 188 Å². The summed E-state index contributed by atoms with van der Waals surface area (Å²) in [5.41, 5.74) is 17.6. The molecule has 0 radical (unpaired) electrons. The van der Waals surface area contributed by atoms with Gasteiger partial charge in [0, 0.05) is 62.0 Å². The molecule has 0 aliphatic carbocycles. The first kappa shape index (κ1) is 37.3. The highest BCUT2D eigenvalue weighted by atomic mass is 28.3. The molecule has 3 heterocycles. The second-order valence-electron chi connectivity index (χ2n) is 18.7. The Bertz CT molecular complexity index is 3130. The number of hydrogen-bond acceptors (Lipinski definition) is 4. The van der Waals surface area contributed by atoms with Gasteiger partial charge >= 0.3 is 0 Å². The molecule has 0 saturated carbocycles. The van der Waals surface area contributed by atoms with Crippen LogP contribution in [0.4, 0.5) is 51.2 Å². The third-order valence-corrected chi connectivity index (χ3v) is 14.7. The van der Waals surface area contributed by atoms with Gasteiger partial charge in [-0.2, -0.15) is 0 Å². The molecule has 9 aromatic rings. The van der Waals surface area contributed by atoms with Gasteiger partial charge in [0.2, 0.25) is 0 Å². The predicted octanol–water partition coefficient (Wildman–Crippen LogP) is 13.0. The molecule has 1 aromatic heterocycles. The third-order valence-electron chi connectivity index (χ3n) is 12.7. The van der Waals surface area contributed by atoms with Crippen LogP contribution in [0.1, 0.15) is 26.3 Å². The Labute approximate surface area is 360 Å². The summed E-state index contributed by atoms with van der Waals surface area (Å²) in [7, 11) is -1.82. The van der Waals surface area contributed by atoms with Crippen molar-refractivity contribution in [1.82, 2.24) is 0 Å². The lowest BCUT2D eigenvalue weighted by atomic mass is 9.33. The zero-order valence-corrected chi connectivity index (χ0v) is 36.6. The molecule has 0 spiro atoms. The van der Waals surface area contributed by atoms with Gasteiger partial charge in [0.1, 0.15) is 11.2 Å². The number of fused-ring (bicyclic) bond motifs is 7. The Morgan fingerprint density at radius 3 is 1.69 bits per heavy atom. The van der Waals surface area contributed by atoms with E-state index >= 15 is 0 Å². The molecule has 11 rings (SSSR count). The first-order valence-corrected chi connectivity index (χ1v) is 25.0. The normalized spacial score (nSPS) is 13.3. The Balaban J connectivity index is 1.19. The van der Waals surface area contributed by atoms with E-state index in [1.54, 1.807) is 0 Å². The van der Waals surface area contributed by atoms with Crippen LogP contribution in [0.3, 0.4) is 0 Å². The van der Waals surface area contributed by atoms with Crippen LogP contribution >= 0.6 is 0 Å². The Hall–Kier alpha value is -6.76. The van der Waals surface area contributed by atoms with Gasteiger partial charge in [-0.1, -0.05) is 137 Å². The third kappa shape index (κ3) is 6.11. The van der Waals surface area contributed by atoms with E-state index in [4.69, 9.17) is 4.42 Å². The minimum Gasteiger partial charge on any atom is -0.456 e. The van der Waals surface area contributed by atoms with E-state index in [1.165, 1.54) is 55.6 Å². The minimum atomic E-state index is -1.82. The van der Waals surface area contributed by atoms with Crippen LogP contribution in [-0.4, -0.2) is 14.8 Å². The average Bonchev–Trinajstić information content (AvgIpc) is 3.64. The molecule has 296 valence electrons. The van der Waals surface area contributed by atoms with Gasteiger partial charge in [-0.3, -0.25) is 0 Å². The Morgan fingerprint density at radius 1 is 0.475 bits per heavy atom. The lowest BCUT2D eigenvalue weighted by Gasteiger charge is -2.45. The molecule has 0 saturated heterocycles.